The van der Waals surface area contributed by atoms with E-state index in [0.29, 0.717) is 0 Å². The standard InChI is InChI=1S/C64H46N2O2/c1-63(2)55-21-13-11-19-47(55)49-27-23-43(35-57(49)63)65(41-15-7-5-8-16-41)45-25-29-51-53-31-39-34-60-54(32-40(39)33-59(53)67-61(51)37-45)52-30-26-46(38-62(52)68-60)66(42-17-9-6-10-18-42)44-24-28-50-48-20-12-14-22-56(48)64(3,4)58(50)36-44/h5-38H,1-4H3. The maximum atomic E-state index is 6.78. The van der Waals surface area contributed by atoms with Crippen LogP contribution in [0.3, 0.4) is 0 Å². The number of fused-ring (bicyclic) bond motifs is 13. The van der Waals surface area contributed by atoms with Crippen LogP contribution in [0.2, 0.25) is 0 Å². The largest absolute Gasteiger partial charge is 0.456 e. The predicted octanol–water partition coefficient (Wildman–Crippen LogP) is 18.2. The molecule has 14 rings (SSSR count). The zero-order valence-electron chi connectivity index (χ0n) is 38.3. The highest BCUT2D eigenvalue weighted by atomic mass is 16.3. The lowest BCUT2D eigenvalue weighted by Gasteiger charge is -2.28. The molecule has 2 aromatic heterocycles. The lowest BCUT2D eigenvalue weighted by atomic mass is 9.82. The van der Waals surface area contributed by atoms with E-state index in [0.717, 1.165) is 88.8 Å². The van der Waals surface area contributed by atoms with Gasteiger partial charge in [-0.05, 0) is 152 Å². The predicted molar refractivity (Wildman–Crippen MR) is 283 cm³/mol. The van der Waals surface area contributed by atoms with Gasteiger partial charge in [-0.1, -0.05) is 125 Å². The zero-order chi connectivity index (χ0) is 45.5. The number of rotatable bonds is 6. The van der Waals surface area contributed by atoms with Crippen LogP contribution in [-0.2, 0) is 10.8 Å². The molecule has 0 atom stereocenters. The van der Waals surface area contributed by atoms with Gasteiger partial charge in [0.15, 0.2) is 0 Å². The summed E-state index contributed by atoms with van der Waals surface area (Å²) in [5.41, 5.74) is 20.4. The zero-order valence-corrected chi connectivity index (χ0v) is 38.3. The average Bonchev–Trinajstić information content (AvgIpc) is 4.04. The van der Waals surface area contributed by atoms with Gasteiger partial charge >= 0.3 is 0 Å². The Hall–Kier alpha value is -8.34. The maximum absolute atomic E-state index is 6.78. The normalized spacial score (nSPS) is 14.1. The Balaban J connectivity index is 0.847. The van der Waals surface area contributed by atoms with E-state index in [2.05, 4.69) is 244 Å². The van der Waals surface area contributed by atoms with Gasteiger partial charge in [0.05, 0.1) is 0 Å². The minimum atomic E-state index is -0.107. The number of para-hydroxylation sites is 2. The third-order valence-corrected chi connectivity index (χ3v) is 15.2. The third kappa shape index (κ3) is 5.61. The summed E-state index contributed by atoms with van der Waals surface area (Å²) in [6.45, 7) is 9.35. The van der Waals surface area contributed by atoms with Crippen LogP contribution in [0.25, 0.3) is 76.9 Å². The second-order valence-electron chi connectivity index (χ2n) is 19.8. The number of anilines is 6. The van der Waals surface area contributed by atoms with Gasteiger partial charge in [0.1, 0.15) is 22.3 Å². The molecule has 2 heterocycles. The summed E-state index contributed by atoms with van der Waals surface area (Å²) in [4.78, 5) is 4.69. The number of furan rings is 2. The van der Waals surface area contributed by atoms with E-state index >= 15 is 0 Å². The quantitative estimate of drug-likeness (QED) is 0.167. The van der Waals surface area contributed by atoms with Gasteiger partial charge in [0.25, 0.3) is 0 Å². The summed E-state index contributed by atoms with van der Waals surface area (Å²) in [5, 5.41) is 6.54. The molecule has 0 N–H and O–H groups in total. The molecule has 68 heavy (non-hydrogen) atoms. The Labute approximate surface area is 394 Å². The minimum Gasteiger partial charge on any atom is -0.456 e. The first-order chi connectivity index (χ1) is 33.2. The Morgan fingerprint density at radius 3 is 1.07 bits per heavy atom. The fourth-order valence-corrected chi connectivity index (χ4v) is 11.8. The highest BCUT2D eigenvalue weighted by Crippen LogP contribution is 2.53. The molecule has 0 amide bonds. The number of benzene rings is 10. The van der Waals surface area contributed by atoms with Crippen molar-refractivity contribution in [2.75, 3.05) is 9.80 Å². The minimum absolute atomic E-state index is 0.107. The van der Waals surface area contributed by atoms with Crippen molar-refractivity contribution in [3.05, 3.63) is 229 Å². The number of nitrogens with zero attached hydrogens (tertiary/aromatic N) is 2. The first-order valence-electron chi connectivity index (χ1n) is 23.6. The Kier molecular flexibility index (Phi) is 8.06. The van der Waals surface area contributed by atoms with Crippen LogP contribution in [0.1, 0.15) is 49.9 Å². The number of hydrogen-bond donors (Lipinski definition) is 0. The summed E-state index contributed by atoms with van der Waals surface area (Å²) in [6.07, 6.45) is 0. The molecular formula is C64H46N2O2. The highest BCUT2D eigenvalue weighted by molar-refractivity contribution is 6.15. The van der Waals surface area contributed by atoms with Gasteiger partial charge in [-0.15, -0.1) is 0 Å². The topological polar surface area (TPSA) is 32.8 Å². The summed E-state index contributed by atoms with van der Waals surface area (Å²) in [6, 6.07) is 74.9. The van der Waals surface area contributed by atoms with Crippen LogP contribution >= 0.6 is 0 Å². The van der Waals surface area contributed by atoms with Crippen LogP contribution in [0.4, 0.5) is 34.1 Å². The van der Waals surface area contributed by atoms with E-state index in [1.807, 2.05) is 0 Å². The van der Waals surface area contributed by atoms with E-state index < -0.39 is 0 Å². The molecule has 2 aliphatic rings. The Morgan fingerprint density at radius 1 is 0.279 bits per heavy atom. The van der Waals surface area contributed by atoms with E-state index in [9.17, 15) is 0 Å². The molecule has 0 aliphatic heterocycles. The Bertz CT molecular complexity index is 3780. The SMILES string of the molecule is CC1(C)c2ccccc2-c2ccc(N(c3ccccc3)c3ccc4c(c3)oc3cc5cc6c(cc5cc34)oc3cc(N(c4ccccc4)c4ccc5c(c4)C(C)(C)c4ccccc4-5)ccc36)cc21. The van der Waals surface area contributed by atoms with Crippen LogP contribution in [0.5, 0.6) is 0 Å². The van der Waals surface area contributed by atoms with Crippen molar-refractivity contribution in [3.8, 4) is 22.3 Å². The molecule has 0 radical (unpaired) electrons. The summed E-state index contributed by atoms with van der Waals surface area (Å²) < 4.78 is 13.6. The van der Waals surface area contributed by atoms with Crippen LogP contribution in [0.15, 0.2) is 215 Å². The lowest BCUT2D eigenvalue weighted by Crippen LogP contribution is -2.16. The molecule has 4 heteroatoms. The fourth-order valence-electron chi connectivity index (χ4n) is 11.8. The molecule has 2 aliphatic carbocycles. The van der Waals surface area contributed by atoms with Crippen LogP contribution < -0.4 is 9.80 Å². The summed E-state index contributed by atoms with van der Waals surface area (Å²) in [7, 11) is 0. The molecule has 0 saturated carbocycles. The highest BCUT2D eigenvalue weighted by Gasteiger charge is 2.37. The van der Waals surface area contributed by atoms with E-state index in [1.54, 1.807) is 0 Å². The van der Waals surface area contributed by atoms with Crippen molar-refractivity contribution in [3.63, 3.8) is 0 Å². The number of hydrogen-bond acceptors (Lipinski definition) is 4. The molecule has 0 bridgehead atoms. The molecule has 324 valence electrons. The average molecular weight is 875 g/mol. The van der Waals surface area contributed by atoms with Crippen molar-refractivity contribution in [2.45, 2.75) is 38.5 Å². The van der Waals surface area contributed by atoms with Gasteiger partial charge < -0.3 is 18.6 Å². The van der Waals surface area contributed by atoms with Crippen molar-refractivity contribution in [1.29, 1.82) is 0 Å². The molecule has 0 spiro atoms. The van der Waals surface area contributed by atoms with Crippen molar-refractivity contribution in [1.82, 2.24) is 0 Å². The fraction of sp³-hybridized carbons (Fsp3) is 0.0938. The molecule has 0 fully saturated rings. The molecule has 0 saturated heterocycles. The third-order valence-electron chi connectivity index (χ3n) is 15.2. The van der Waals surface area contributed by atoms with Gasteiger partial charge in [0, 0.05) is 78.6 Å². The maximum Gasteiger partial charge on any atom is 0.137 e. The first-order valence-corrected chi connectivity index (χ1v) is 23.6. The van der Waals surface area contributed by atoms with E-state index in [1.165, 1.54) is 44.5 Å². The van der Waals surface area contributed by atoms with Crippen LogP contribution in [0, 0.1) is 0 Å². The van der Waals surface area contributed by atoms with Crippen molar-refractivity contribution < 1.29 is 8.83 Å². The first kappa shape index (κ1) is 38.9. The Morgan fingerprint density at radius 2 is 0.632 bits per heavy atom. The second kappa shape index (κ2) is 14.1. The van der Waals surface area contributed by atoms with E-state index in [-0.39, 0.29) is 10.8 Å². The van der Waals surface area contributed by atoms with Gasteiger partial charge in [-0.25, -0.2) is 0 Å². The molecular weight excluding hydrogens is 829 g/mol. The smallest absolute Gasteiger partial charge is 0.137 e. The summed E-state index contributed by atoms with van der Waals surface area (Å²) in [5.74, 6) is 0. The monoisotopic (exact) mass is 874 g/mol. The lowest BCUT2D eigenvalue weighted by molar-refractivity contribution is 0.660. The van der Waals surface area contributed by atoms with Crippen molar-refractivity contribution in [2.24, 2.45) is 0 Å². The molecule has 12 aromatic rings. The molecule has 10 aromatic carbocycles. The summed E-state index contributed by atoms with van der Waals surface area (Å²) >= 11 is 0. The van der Waals surface area contributed by atoms with E-state index in [4.69, 9.17) is 8.83 Å². The van der Waals surface area contributed by atoms with Gasteiger partial charge in [-0.3, -0.25) is 0 Å². The molecule has 4 nitrogen and oxygen atoms in total. The van der Waals surface area contributed by atoms with Crippen LogP contribution in [-0.4, -0.2) is 0 Å². The molecule has 0 unspecified atom stereocenters. The second-order valence-corrected chi connectivity index (χ2v) is 19.8. The van der Waals surface area contributed by atoms with Gasteiger partial charge in [0.2, 0.25) is 0 Å². The van der Waals surface area contributed by atoms with Gasteiger partial charge in [-0.2, -0.15) is 0 Å². The van der Waals surface area contributed by atoms with Crippen molar-refractivity contribution >= 4 is 88.8 Å².